The molecular formula is C17H31. The van der Waals surface area contributed by atoms with Crippen molar-refractivity contribution in [3.8, 4) is 0 Å². The zero-order chi connectivity index (χ0) is 12.6. The van der Waals surface area contributed by atoms with Crippen LogP contribution in [0.25, 0.3) is 0 Å². The quantitative estimate of drug-likeness (QED) is 0.277. The fraction of sp³-hybridized carbons (Fsp3) is 0.706. The monoisotopic (exact) mass is 235 g/mol. The molecule has 0 unspecified atom stereocenters. The van der Waals surface area contributed by atoms with Gasteiger partial charge in [0.05, 0.1) is 0 Å². The highest BCUT2D eigenvalue weighted by molar-refractivity contribution is 4.84. The molecule has 0 fully saturated rings. The highest BCUT2D eigenvalue weighted by Gasteiger charge is 1.87. The molecule has 0 spiro atoms. The van der Waals surface area contributed by atoms with Gasteiger partial charge in [-0.3, -0.25) is 0 Å². The minimum absolute atomic E-state index is 1.20. The summed E-state index contributed by atoms with van der Waals surface area (Å²) in [7, 11) is 0. The summed E-state index contributed by atoms with van der Waals surface area (Å²) in [4.78, 5) is 0. The van der Waals surface area contributed by atoms with E-state index in [-0.39, 0.29) is 0 Å². The Labute approximate surface area is 109 Å². The molecule has 0 aliphatic rings. The van der Waals surface area contributed by atoms with Gasteiger partial charge in [0, 0.05) is 0 Å². The maximum Gasteiger partial charge on any atom is -0.0316 e. The van der Waals surface area contributed by atoms with Gasteiger partial charge in [0.1, 0.15) is 0 Å². The van der Waals surface area contributed by atoms with Crippen molar-refractivity contribution < 1.29 is 0 Å². The van der Waals surface area contributed by atoms with Crippen LogP contribution < -0.4 is 0 Å². The molecule has 0 aromatic rings. The Kier molecular flexibility index (Phi) is 15.0. The van der Waals surface area contributed by atoms with E-state index < -0.39 is 0 Å². The molecule has 0 aliphatic heterocycles. The van der Waals surface area contributed by atoms with Gasteiger partial charge in [-0.1, -0.05) is 63.3 Å². The third-order valence-electron chi connectivity index (χ3n) is 3.05. The zero-order valence-electron chi connectivity index (χ0n) is 11.8. The smallest absolute Gasteiger partial charge is 0.0316 e. The van der Waals surface area contributed by atoms with Crippen LogP contribution in [-0.2, 0) is 0 Å². The van der Waals surface area contributed by atoms with Crippen molar-refractivity contribution in [2.75, 3.05) is 0 Å². The number of hydrogen-bond donors (Lipinski definition) is 0. The summed E-state index contributed by atoms with van der Waals surface area (Å²) < 4.78 is 0. The lowest BCUT2D eigenvalue weighted by Crippen LogP contribution is -1.77. The Morgan fingerprint density at radius 1 is 0.647 bits per heavy atom. The van der Waals surface area contributed by atoms with Gasteiger partial charge >= 0.3 is 0 Å². The molecule has 0 heteroatoms. The van der Waals surface area contributed by atoms with Crippen LogP contribution in [0.2, 0.25) is 0 Å². The largest absolute Gasteiger partial charge is 0.0885 e. The van der Waals surface area contributed by atoms with Crippen LogP contribution in [0.1, 0.15) is 77.6 Å². The van der Waals surface area contributed by atoms with Crippen LogP contribution in [0.5, 0.6) is 0 Å². The predicted molar refractivity (Wildman–Crippen MR) is 80.1 cm³/mol. The first-order valence-corrected chi connectivity index (χ1v) is 7.51. The Morgan fingerprint density at radius 3 is 1.65 bits per heavy atom. The topological polar surface area (TPSA) is 0 Å². The summed E-state index contributed by atoms with van der Waals surface area (Å²) in [5.74, 6) is 0. The molecule has 0 aromatic heterocycles. The lowest BCUT2D eigenvalue weighted by Gasteiger charge is -1.97. The number of hydrogen-bond acceptors (Lipinski definition) is 0. The molecule has 0 bridgehead atoms. The highest BCUT2D eigenvalue weighted by Crippen LogP contribution is 2.07. The van der Waals surface area contributed by atoms with Gasteiger partial charge < -0.3 is 0 Å². The minimum Gasteiger partial charge on any atom is -0.0885 e. The molecule has 0 saturated heterocycles. The molecule has 0 saturated carbocycles. The lowest BCUT2D eigenvalue weighted by atomic mass is 10.1. The van der Waals surface area contributed by atoms with Gasteiger partial charge in [-0.25, -0.2) is 0 Å². The molecule has 0 N–H and O–H groups in total. The van der Waals surface area contributed by atoms with Gasteiger partial charge in [0.15, 0.2) is 0 Å². The van der Waals surface area contributed by atoms with Crippen LogP contribution in [0.4, 0.5) is 0 Å². The Morgan fingerprint density at radius 2 is 1.12 bits per heavy atom. The van der Waals surface area contributed by atoms with Gasteiger partial charge in [0.2, 0.25) is 0 Å². The Balaban J connectivity index is 3.04. The van der Waals surface area contributed by atoms with Gasteiger partial charge in [-0.2, -0.15) is 0 Å². The molecular weight excluding hydrogens is 204 g/mol. The third-order valence-corrected chi connectivity index (χ3v) is 3.05. The van der Waals surface area contributed by atoms with Crippen LogP contribution in [0.3, 0.4) is 0 Å². The molecule has 0 atom stereocenters. The first-order valence-electron chi connectivity index (χ1n) is 7.51. The molecule has 1 radical (unpaired) electrons. The van der Waals surface area contributed by atoms with E-state index in [0.29, 0.717) is 0 Å². The maximum atomic E-state index is 3.69. The first kappa shape index (κ1) is 16.5. The molecule has 0 nitrogen and oxygen atoms in total. The van der Waals surface area contributed by atoms with Gasteiger partial charge in [0.25, 0.3) is 0 Å². The zero-order valence-corrected chi connectivity index (χ0v) is 11.8. The fourth-order valence-electron chi connectivity index (χ4n) is 1.92. The predicted octanol–water partition coefficient (Wildman–Crippen LogP) is 6.24. The van der Waals surface area contributed by atoms with Crippen molar-refractivity contribution in [2.24, 2.45) is 0 Å². The second-order valence-electron chi connectivity index (χ2n) is 4.78. The van der Waals surface area contributed by atoms with Crippen LogP contribution >= 0.6 is 0 Å². The van der Waals surface area contributed by atoms with E-state index in [2.05, 4.69) is 32.1 Å². The lowest BCUT2D eigenvalue weighted by molar-refractivity contribution is 0.636. The van der Waals surface area contributed by atoms with Crippen molar-refractivity contribution in [1.29, 1.82) is 0 Å². The summed E-state index contributed by atoms with van der Waals surface area (Å²) in [5.41, 5.74) is 0. The maximum absolute atomic E-state index is 3.69. The highest BCUT2D eigenvalue weighted by atomic mass is 13.9. The minimum atomic E-state index is 1.20. The molecule has 0 aromatic carbocycles. The normalized spacial score (nSPS) is 11.9. The standard InChI is InChI=1S/C17H31/c1-3-5-7-9-11-13-15-17-16-14-12-10-8-6-4-2/h3,5,16-17H,1,4,6-15H2,2H3. The fourth-order valence-corrected chi connectivity index (χ4v) is 1.92. The third kappa shape index (κ3) is 15.5. The van der Waals surface area contributed by atoms with Crippen molar-refractivity contribution in [1.82, 2.24) is 0 Å². The first-order chi connectivity index (χ1) is 8.41. The van der Waals surface area contributed by atoms with E-state index in [0.717, 1.165) is 0 Å². The van der Waals surface area contributed by atoms with Crippen molar-refractivity contribution >= 4 is 0 Å². The summed E-state index contributed by atoms with van der Waals surface area (Å²) in [5, 5.41) is 0. The Bertz CT molecular complexity index is 176. The molecule has 0 heterocycles. The van der Waals surface area contributed by atoms with Crippen LogP contribution in [-0.4, -0.2) is 0 Å². The van der Waals surface area contributed by atoms with Crippen LogP contribution in [0, 0.1) is 6.92 Å². The summed E-state index contributed by atoms with van der Waals surface area (Å²) >= 11 is 0. The van der Waals surface area contributed by atoms with E-state index >= 15 is 0 Å². The summed E-state index contributed by atoms with van der Waals surface area (Å²) in [6.07, 6.45) is 23.5. The van der Waals surface area contributed by atoms with E-state index in [9.17, 15) is 0 Å². The van der Waals surface area contributed by atoms with Crippen LogP contribution in [0.15, 0.2) is 24.3 Å². The molecule has 0 rings (SSSR count). The van der Waals surface area contributed by atoms with E-state index in [1.807, 2.05) is 6.08 Å². The van der Waals surface area contributed by atoms with E-state index in [1.165, 1.54) is 70.6 Å². The molecule has 17 heavy (non-hydrogen) atoms. The van der Waals surface area contributed by atoms with Crippen molar-refractivity contribution in [3.05, 3.63) is 31.2 Å². The average Bonchev–Trinajstić information content (AvgIpc) is 2.35. The second kappa shape index (κ2) is 15.5. The summed E-state index contributed by atoms with van der Waals surface area (Å²) in [6, 6.07) is 0. The number of unbranched alkanes of at least 4 members (excludes halogenated alkanes) is 9. The average molecular weight is 235 g/mol. The van der Waals surface area contributed by atoms with Crippen molar-refractivity contribution in [2.45, 2.75) is 77.6 Å². The second-order valence-corrected chi connectivity index (χ2v) is 4.78. The number of rotatable bonds is 12. The summed E-state index contributed by atoms with van der Waals surface area (Å²) in [6.45, 7) is 5.96. The number of allylic oxidation sites excluding steroid dienone is 4. The molecule has 0 amide bonds. The van der Waals surface area contributed by atoms with Crippen molar-refractivity contribution in [3.63, 3.8) is 0 Å². The molecule has 99 valence electrons. The van der Waals surface area contributed by atoms with E-state index in [4.69, 9.17) is 0 Å². The molecule has 0 aliphatic carbocycles. The van der Waals surface area contributed by atoms with E-state index in [1.54, 1.807) is 0 Å². The van der Waals surface area contributed by atoms with Gasteiger partial charge in [-0.05, 0) is 45.4 Å². The Hall–Kier alpha value is -0.520. The van der Waals surface area contributed by atoms with Gasteiger partial charge in [-0.15, -0.1) is 0 Å². The SMILES string of the molecule is [CH2]C=CCCCCCC=CCCCCCCC.